The van der Waals surface area contributed by atoms with Crippen molar-refractivity contribution in [2.45, 2.75) is 44.8 Å². The monoisotopic (exact) mass is 714 g/mol. The highest BCUT2D eigenvalue weighted by Gasteiger charge is 2.34. The van der Waals surface area contributed by atoms with Gasteiger partial charge < -0.3 is 30.6 Å². The van der Waals surface area contributed by atoms with Gasteiger partial charge in [0.1, 0.15) is 18.1 Å². The molecule has 3 amide bonds. The van der Waals surface area contributed by atoms with E-state index in [1.54, 1.807) is 54.7 Å². The normalized spacial score (nSPS) is 13.3. The number of carbonyl (C=O) groups is 4. The molecule has 0 aliphatic carbocycles. The molecule has 2 heterocycles. The van der Waals surface area contributed by atoms with Crippen molar-refractivity contribution in [2.75, 3.05) is 12.8 Å². The van der Waals surface area contributed by atoms with Gasteiger partial charge in [-0.3, -0.25) is 23.9 Å². The smallest absolute Gasteiger partial charge is 0.321 e. The summed E-state index contributed by atoms with van der Waals surface area (Å²) < 4.78 is 32.7. The third-order valence-electron chi connectivity index (χ3n) is 8.37. The SMILES string of the molecule is Cc1cc(C)cc(C(=O)N(C)C(Cc2ccc(-c3ccno3)cc2)C(=O)NC(Cc2c[nH]c3ccccc23)C(=O)NS(=O)(=O)CC(N)C(=O)O)c1. The number of aromatic nitrogens is 2. The number of carboxylic acid groups (broad SMARTS) is 1. The summed E-state index contributed by atoms with van der Waals surface area (Å²) in [6, 6.07) is 17.0. The van der Waals surface area contributed by atoms with Crippen LogP contribution in [0.2, 0.25) is 0 Å². The minimum Gasteiger partial charge on any atom is -0.480 e. The van der Waals surface area contributed by atoms with Crippen LogP contribution in [0.3, 0.4) is 0 Å². The maximum absolute atomic E-state index is 14.3. The van der Waals surface area contributed by atoms with Gasteiger partial charge in [-0.15, -0.1) is 0 Å². The first kappa shape index (κ1) is 36.5. The number of likely N-dealkylation sites (N-methyl/N-ethyl adjacent to an activating group) is 1. The molecule has 0 aliphatic heterocycles. The summed E-state index contributed by atoms with van der Waals surface area (Å²) >= 11 is 0. The Balaban J connectivity index is 1.47. The Hall–Kier alpha value is -5.80. The Labute approximate surface area is 294 Å². The largest absolute Gasteiger partial charge is 0.480 e. The molecule has 2 aromatic heterocycles. The zero-order chi connectivity index (χ0) is 36.9. The van der Waals surface area contributed by atoms with Gasteiger partial charge in [-0.25, -0.2) is 8.42 Å². The first-order valence-corrected chi connectivity index (χ1v) is 17.6. The van der Waals surface area contributed by atoms with Crippen molar-refractivity contribution >= 4 is 44.6 Å². The van der Waals surface area contributed by atoms with Crippen molar-refractivity contribution in [1.29, 1.82) is 0 Å². The lowest BCUT2D eigenvalue weighted by Crippen LogP contribution is -2.56. The van der Waals surface area contributed by atoms with Gasteiger partial charge in [0.05, 0.1) is 11.9 Å². The summed E-state index contributed by atoms with van der Waals surface area (Å²) in [5.41, 5.74) is 10.3. The molecule has 51 heavy (non-hydrogen) atoms. The average Bonchev–Trinajstić information content (AvgIpc) is 3.76. The molecule has 0 fully saturated rings. The zero-order valence-corrected chi connectivity index (χ0v) is 28.9. The van der Waals surface area contributed by atoms with E-state index in [0.29, 0.717) is 22.5 Å². The number of aryl methyl sites for hydroxylation is 2. The fourth-order valence-corrected chi connectivity index (χ4v) is 6.96. The lowest BCUT2D eigenvalue weighted by molar-refractivity contribution is -0.138. The molecular weight excluding hydrogens is 676 g/mol. The number of H-pyrrole nitrogens is 1. The maximum atomic E-state index is 14.3. The maximum Gasteiger partial charge on any atom is 0.321 e. The second-order valence-electron chi connectivity index (χ2n) is 12.4. The van der Waals surface area contributed by atoms with Crippen molar-refractivity contribution in [3.05, 3.63) is 113 Å². The minimum absolute atomic E-state index is 0.0305. The number of nitrogens with one attached hydrogen (secondary N) is 3. The molecule has 15 heteroatoms. The second kappa shape index (κ2) is 15.4. The Bertz CT molecular complexity index is 2140. The van der Waals surface area contributed by atoms with Crippen LogP contribution in [0.25, 0.3) is 22.2 Å². The van der Waals surface area contributed by atoms with Crippen LogP contribution < -0.4 is 15.8 Å². The third kappa shape index (κ3) is 9.06. The second-order valence-corrected chi connectivity index (χ2v) is 14.2. The van der Waals surface area contributed by atoms with E-state index < -0.39 is 57.6 Å². The van der Waals surface area contributed by atoms with Gasteiger partial charge in [-0.2, -0.15) is 0 Å². The van der Waals surface area contributed by atoms with E-state index >= 15 is 0 Å². The fourth-order valence-electron chi connectivity index (χ4n) is 5.81. The van der Waals surface area contributed by atoms with Gasteiger partial charge in [-0.1, -0.05) is 64.8 Å². The van der Waals surface area contributed by atoms with Gasteiger partial charge in [0.25, 0.3) is 11.8 Å². The topological polar surface area (TPSA) is 218 Å². The van der Waals surface area contributed by atoms with Crippen molar-refractivity contribution in [1.82, 2.24) is 25.1 Å². The van der Waals surface area contributed by atoms with Crippen molar-refractivity contribution in [3.8, 4) is 11.3 Å². The molecule has 266 valence electrons. The summed E-state index contributed by atoms with van der Waals surface area (Å²) in [6.45, 7) is 3.71. The number of rotatable bonds is 14. The molecule has 0 spiro atoms. The molecule has 3 aromatic carbocycles. The van der Waals surface area contributed by atoms with Crippen molar-refractivity contribution < 1.29 is 37.2 Å². The lowest BCUT2D eigenvalue weighted by Gasteiger charge is -2.29. The molecule has 0 bridgehead atoms. The van der Waals surface area contributed by atoms with Crippen LogP contribution in [0.4, 0.5) is 0 Å². The molecule has 5 rings (SSSR count). The molecule has 0 saturated carbocycles. The summed E-state index contributed by atoms with van der Waals surface area (Å²) in [5, 5.41) is 16.3. The molecule has 5 aromatic rings. The summed E-state index contributed by atoms with van der Waals surface area (Å²) in [6.07, 6.45) is 3.05. The standard InChI is InChI=1S/C36H38N6O8S/c1-21-14-22(2)16-25(15-21)35(45)42(3)31(17-23-8-10-24(11-9-23)32-12-13-39-50-32)34(44)40-30(18-26-19-38-29-7-5-4-6-27(26)29)33(43)41-51(48,49)20-28(37)36(46)47/h4-16,19,28,30-31,38H,17-18,20,37H2,1-3H3,(H,40,44)(H,41,43)(H,46,47). The number of sulfonamides is 1. The fraction of sp³-hybridized carbons (Fsp3) is 0.250. The highest BCUT2D eigenvalue weighted by atomic mass is 32.2. The average molecular weight is 715 g/mol. The number of para-hydroxylation sites is 1. The molecular formula is C36H38N6O8S. The molecule has 0 radical (unpaired) electrons. The van der Waals surface area contributed by atoms with E-state index in [9.17, 15) is 27.6 Å². The van der Waals surface area contributed by atoms with E-state index in [4.69, 9.17) is 15.4 Å². The number of fused-ring (bicyclic) bond motifs is 1. The van der Waals surface area contributed by atoms with Crippen molar-refractivity contribution in [2.24, 2.45) is 5.73 Å². The van der Waals surface area contributed by atoms with Crippen LogP contribution in [0.15, 0.2) is 89.7 Å². The number of aliphatic carboxylic acids is 1. The van der Waals surface area contributed by atoms with Gasteiger partial charge >= 0.3 is 5.97 Å². The van der Waals surface area contributed by atoms with Crippen LogP contribution in [-0.4, -0.2) is 83.2 Å². The molecule has 0 aliphatic rings. The van der Waals surface area contributed by atoms with E-state index in [2.05, 4.69) is 15.5 Å². The summed E-state index contributed by atoms with van der Waals surface area (Å²) in [5.74, 6) is -4.36. The molecule has 6 N–H and O–H groups in total. The Kier molecular flexibility index (Phi) is 11.0. The quantitative estimate of drug-likeness (QED) is 0.113. The molecule has 0 saturated heterocycles. The van der Waals surface area contributed by atoms with E-state index in [0.717, 1.165) is 27.6 Å². The predicted molar refractivity (Wildman–Crippen MR) is 189 cm³/mol. The van der Waals surface area contributed by atoms with Gasteiger partial charge in [0.2, 0.25) is 15.9 Å². The number of carbonyl (C=O) groups excluding carboxylic acids is 3. The van der Waals surface area contributed by atoms with Crippen LogP contribution in [0.5, 0.6) is 0 Å². The number of hydrogen-bond donors (Lipinski definition) is 5. The highest BCUT2D eigenvalue weighted by molar-refractivity contribution is 7.90. The van der Waals surface area contributed by atoms with Gasteiger partial charge in [0, 0.05) is 54.2 Å². The number of nitrogens with two attached hydrogens (primary N) is 1. The Morgan fingerprint density at radius 2 is 1.65 bits per heavy atom. The van der Waals surface area contributed by atoms with Crippen LogP contribution >= 0.6 is 0 Å². The van der Waals surface area contributed by atoms with Crippen LogP contribution in [-0.2, 0) is 37.2 Å². The molecule has 3 unspecified atom stereocenters. The Morgan fingerprint density at radius 1 is 0.961 bits per heavy atom. The van der Waals surface area contributed by atoms with E-state index in [-0.39, 0.29) is 12.8 Å². The predicted octanol–water partition coefficient (Wildman–Crippen LogP) is 2.71. The number of amides is 3. The van der Waals surface area contributed by atoms with Crippen LogP contribution in [0, 0.1) is 13.8 Å². The number of aromatic amines is 1. The van der Waals surface area contributed by atoms with Gasteiger partial charge in [-0.05, 0) is 43.2 Å². The van der Waals surface area contributed by atoms with Gasteiger partial charge in [0.15, 0.2) is 5.76 Å². The first-order chi connectivity index (χ1) is 24.2. The highest BCUT2D eigenvalue weighted by Crippen LogP contribution is 2.22. The minimum atomic E-state index is -4.53. The molecule has 14 nitrogen and oxygen atoms in total. The Morgan fingerprint density at radius 3 is 2.29 bits per heavy atom. The summed E-state index contributed by atoms with van der Waals surface area (Å²) in [7, 11) is -3.05. The number of nitrogens with zero attached hydrogens (tertiary/aromatic N) is 2. The van der Waals surface area contributed by atoms with Crippen molar-refractivity contribution in [3.63, 3.8) is 0 Å². The number of carboxylic acids is 1. The zero-order valence-electron chi connectivity index (χ0n) is 28.1. The van der Waals surface area contributed by atoms with E-state index in [1.807, 2.05) is 42.8 Å². The molecule has 3 atom stereocenters. The van der Waals surface area contributed by atoms with Crippen LogP contribution in [0.1, 0.15) is 32.6 Å². The lowest BCUT2D eigenvalue weighted by atomic mass is 9.99. The summed E-state index contributed by atoms with van der Waals surface area (Å²) in [4.78, 5) is 57.4. The van der Waals surface area contributed by atoms with E-state index in [1.165, 1.54) is 18.1 Å². The number of benzene rings is 3. The first-order valence-electron chi connectivity index (χ1n) is 15.9. The number of hydrogen-bond acceptors (Lipinski definition) is 9. The third-order valence-corrected chi connectivity index (χ3v) is 9.68.